The summed E-state index contributed by atoms with van der Waals surface area (Å²) in [5.74, 6) is 0.367. The summed E-state index contributed by atoms with van der Waals surface area (Å²) in [5, 5.41) is 4.80. The zero-order chi connectivity index (χ0) is 19.2. The molecule has 6 nitrogen and oxygen atoms in total. The standard InChI is InChI=1S/C21H27N3O3.ClH/c1-27-19-11-10-15-6-2-5-9-17(15)18(19)14-24(16-7-3-4-8-16)21(26)13-23-20(25)12-22;/h2,5-6,9-11,16H,3-4,7-8,12-14,22H2,1H3,(H,23,25);1H. The van der Waals surface area contributed by atoms with Crippen molar-refractivity contribution in [3.8, 4) is 5.75 Å². The molecule has 1 aliphatic carbocycles. The van der Waals surface area contributed by atoms with E-state index in [2.05, 4.69) is 17.4 Å². The van der Waals surface area contributed by atoms with E-state index in [1.807, 2.05) is 29.2 Å². The first-order chi connectivity index (χ1) is 13.1. The second-order valence-corrected chi connectivity index (χ2v) is 6.91. The molecule has 2 aromatic rings. The third kappa shape index (κ3) is 4.94. The average molecular weight is 406 g/mol. The molecule has 0 aliphatic heterocycles. The van der Waals surface area contributed by atoms with Crippen LogP contribution in [0, 0.1) is 0 Å². The van der Waals surface area contributed by atoms with Crippen LogP contribution in [0.3, 0.4) is 0 Å². The van der Waals surface area contributed by atoms with Crippen LogP contribution in [0.2, 0.25) is 0 Å². The summed E-state index contributed by atoms with van der Waals surface area (Å²) < 4.78 is 5.59. The lowest BCUT2D eigenvalue weighted by atomic mass is 10.0. The number of ether oxygens (including phenoxy) is 1. The van der Waals surface area contributed by atoms with E-state index in [9.17, 15) is 9.59 Å². The summed E-state index contributed by atoms with van der Waals surface area (Å²) in [4.78, 5) is 26.3. The molecule has 0 bridgehead atoms. The Morgan fingerprint density at radius 1 is 1.18 bits per heavy atom. The van der Waals surface area contributed by atoms with Gasteiger partial charge in [-0.25, -0.2) is 0 Å². The highest BCUT2D eigenvalue weighted by molar-refractivity contribution is 5.89. The summed E-state index contributed by atoms with van der Waals surface area (Å²) in [6.07, 6.45) is 4.22. The maximum absolute atomic E-state index is 12.9. The summed E-state index contributed by atoms with van der Waals surface area (Å²) in [7, 11) is 1.65. The molecule has 2 aromatic carbocycles. The van der Waals surface area contributed by atoms with E-state index in [0.29, 0.717) is 6.54 Å². The molecule has 3 N–H and O–H groups in total. The minimum absolute atomic E-state index is 0. The molecule has 1 saturated carbocycles. The molecule has 0 spiro atoms. The Balaban J connectivity index is 0.00000280. The summed E-state index contributed by atoms with van der Waals surface area (Å²) in [5.41, 5.74) is 6.33. The number of nitrogens with one attached hydrogen (secondary N) is 1. The fourth-order valence-corrected chi connectivity index (χ4v) is 3.83. The van der Waals surface area contributed by atoms with Crippen molar-refractivity contribution in [2.45, 2.75) is 38.3 Å². The first-order valence-electron chi connectivity index (χ1n) is 9.45. The smallest absolute Gasteiger partial charge is 0.242 e. The first kappa shape index (κ1) is 22.0. The number of hydrogen-bond donors (Lipinski definition) is 2. The van der Waals surface area contributed by atoms with Crippen molar-refractivity contribution < 1.29 is 14.3 Å². The second-order valence-electron chi connectivity index (χ2n) is 6.91. The van der Waals surface area contributed by atoms with Gasteiger partial charge in [0, 0.05) is 11.6 Å². The van der Waals surface area contributed by atoms with Gasteiger partial charge in [-0.3, -0.25) is 9.59 Å². The number of methoxy groups -OCH3 is 1. The maximum atomic E-state index is 12.9. The predicted molar refractivity (Wildman–Crippen MR) is 113 cm³/mol. The molecule has 1 aliphatic rings. The van der Waals surface area contributed by atoms with Crippen LogP contribution in [-0.2, 0) is 16.1 Å². The van der Waals surface area contributed by atoms with Crippen LogP contribution < -0.4 is 15.8 Å². The molecular weight excluding hydrogens is 378 g/mol. The molecule has 152 valence electrons. The number of benzene rings is 2. The number of carbonyl (C=O) groups is 2. The molecule has 0 radical (unpaired) electrons. The van der Waals surface area contributed by atoms with Crippen molar-refractivity contribution in [1.82, 2.24) is 10.2 Å². The first-order valence-corrected chi connectivity index (χ1v) is 9.45. The molecule has 3 rings (SSSR count). The van der Waals surface area contributed by atoms with Gasteiger partial charge in [0.1, 0.15) is 5.75 Å². The van der Waals surface area contributed by atoms with Crippen molar-refractivity contribution in [3.63, 3.8) is 0 Å². The third-order valence-corrected chi connectivity index (χ3v) is 5.25. The highest BCUT2D eigenvalue weighted by Crippen LogP contribution is 2.32. The zero-order valence-electron chi connectivity index (χ0n) is 16.1. The predicted octanol–water partition coefficient (Wildman–Crippen LogP) is 2.62. The topological polar surface area (TPSA) is 84.7 Å². The van der Waals surface area contributed by atoms with Crippen molar-refractivity contribution in [1.29, 1.82) is 0 Å². The average Bonchev–Trinajstić information content (AvgIpc) is 3.24. The number of carbonyl (C=O) groups excluding carboxylic acids is 2. The third-order valence-electron chi connectivity index (χ3n) is 5.25. The Morgan fingerprint density at radius 3 is 2.57 bits per heavy atom. The van der Waals surface area contributed by atoms with Crippen LogP contribution in [0.25, 0.3) is 10.8 Å². The number of nitrogens with zero attached hydrogens (tertiary/aromatic N) is 1. The van der Waals surface area contributed by atoms with E-state index in [1.54, 1.807) is 7.11 Å². The van der Waals surface area contributed by atoms with Crippen LogP contribution in [0.4, 0.5) is 0 Å². The molecular formula is C21H28ClN3O3. The lowest BCUT2D eigenvalue weighted by Gasteiger charge is -2.30. The van der Waals surface area contributed by atoms with Crippen LogP contribution in [-0.4, -0.2) is 43.0 Å². The van der Waals surface area contributed by atoms with E-state index in [0.717, 1.165) is 47.8 Å². The lowest BCUT2D eigenvalue weighted by Crippen LogP contribution is -2.45. The number of amides is 2. The number of halogens is 1. The largest absolute Gasteiger partial charge is 0.496 e. The van der Waals surface area contributed by atoms with Crippen LogP contribution in [0.15, 0.2) is 36.4 Å². The minimum atomic E-state index is -0.322. The Labute approximate surface area is 171 Å². The van der Waals surface area contributed by atoms with Gasteiger partial charge in [0.25, 0.3) is 0 Å². The van der Waals surface area contributed by atoms with E-state index in [4.69, 9.17) is 10.5 Å². The van der Waals surface area contributed by atoms with Gasteiger partial charge in [-0.1, -0.05) is 43.2 Å². The number of hydrogen-bond acceptors (Lipinski definition) is 4. The quantitative estimate of drug-likeness (QED) is 0.741. The van der Waals surface area contributed by atoms with Crippen LogP contribution >= 0.6 is 12.4 Å². The SMILES string of the molecule is COc1ccc2ccccc2c1CN(C(=O)CNC(=O)CN)C1CCCC1.Cl. The van der Waals surface area contributed by atoms with Gasteiger partial charge in [-0.2, -0.15) is 0 Å². The van der Waals surface area contributed by atoms with Gasteiger partial charge in [-0.05, 0) is 29.7 Å². The van der Waals surface area contributed by atoms with Gasteiger partial charge < -0.3 is 20.7 Å². The number of fused-ring (bicyclic) bond motifs is 1. The minimum Gasteiger partial charge on any atom is -0.496 e. The molecule has 0 saturated heterocycles. The second kappa shape index (κ2) is 10.3. The van der Waals surface area contributed by atoms with Gasteiger partial charge in [0.05, 0.1) is 26.7 Å². The van der Waals surface area contributed by atoms with Gasteiger partial charge in [-0.15, -0.1) is 12.4 Å². The summed E-state index contributed by atoms with van der Waals surface area (Å²) >= 11 is 0. The summed E-state index contributed by atoms with van der Waals surface area (Å²) in [6.45, 7) is 0.319. The molecule has 0 heterocycles. The normalized spacial score (nSPS) is 13.8. The van der Waals surface area contributed by atoms with E-state index in [-0.39, 0.29) is 43.4 Å². The monoisotopic (exact) mass is 405 g/mol. The molecule has 2 amide bonds. The Kier molecular flexibility index (Phi) is 8.08. The highest BCUT2D eigenvalue weighted by atomic mass is 35.5. The highest BCUT2D eigenvalue weighted by Gasteiger charge is 2.28. The Bertz CT molecular complexity index is 822. The van der Waals surface area contributed by atoms with E-state index >= 15 is 0 Å². The van der Waals surface area contributed by atoms with E-state index < -0.39 is 0 Å². The fourth-order valence-electron chi connectivity index (χ4n) is 3.83. The molecule has 1 fully saturated rings. The van der Waals surface area contributed by atoms with Gasteiger partial charge in [0.2, 0.25) is 11.8 Å². The van der Waals surface area contributed by atoms with Gasteiger partial charge in [0.15, 0.2) is 0 Å². The number of nitrogens with two attached hydrogens (primary N) is 1. The lowest BCUT2D eigenvalue weighted by molar-refractivity contribution is -0.135. The van der Waals surface area contributed by atoms with E-state index in [1.165, 1.54) is 0 Å². The maximum Gasteiger partial charge on any atom is 0.242 e. The fraction of sp³-hybridized carbons (Fsp3) is 0.429. The Morgan fingerprint density at radius 2 is 1.89 bits per heavy atom. The molecule has 0 atom stereocenters. The molecule has 28 heavy (non-hydrogen) atoms. The van der Waals surface area contributed by atoms with Gasteiger partial charge >= 0.3 is 0 Å². The van der Waals surface area contributed by atoms with Crippen molar-refractivity contribution in [3.05, 3.63) is 42.0 Å². The van der Waals surface area contributed by atoms with Crippen LogP contribution in [0.1, 0.15) is 31.2 Å². The molecule has 7 heteroatoms. The number of rotatable bonds is 7. The van der Waals surface area contributed by atoms with Crippen molar-refractivity contribution in [2.24, 2.45) is 5.73 Å². The Hall–Kier alpha value is -2.31. The summed E-state index contributed by atoms with van der Waals surface area (Å²) in [6, 6.07) is 12.3. The van der Waals surface area contributed by atoms with Crippen LogP contribution in [0.5, 0.6) is 5.75 Å². The van der Waals surface area contributed by atoms with Crippen molar-refractivity contribution >= 4 is 35.0 Å². The van der Waals surface area contributed by atoms with Crippen molar-refractivity contribution in [2.75, 3.05) is 20.2 Å². The molecule has 0 unspecified atom stereocenters. The molecule has 0 aromatic heterocycles. The zero-order valence-corrected chi connectivity index (χ0v) is 17.0.